The minimum atomic E-state index is -0.707. The minimum absolute atomic E-state index is 0.166. The quantitative estimate of drug-likeness (QED) is 0.746. The summed E-state index contributed by atoms with van der Waals surface area (Å²) in [7, 11) is 0. The van der Waals surface area contributed by atoms with E-state index in [4.69, 9.17) is 10.5 Å². The highest BCUT2D eigenvalue weighted by molar-refractivity contribution is 5.81. The molecule has 0 radical (unpaired) electrons. The summed E-state index contributed by atoms with van der Waals surface area (Å²) in [4.78, 5) is 12.0. The molecular formula is C13H23NO2. The third-order valence-electron chi connectivity index (χ3n) is 4.19. The Hall–Kier alpha value is -0.570. The van der Waals surface area contributed by atoms with Crippen molar-refractivity contribution < 1.29 is 9.53 Å². The molecule has 3 nitrogen and oxygen atoms in total. The van der Waals surface area contributed by atoms with Gasteiger partial charge in [-0.2, -0.15) is 0 Å². The maximum absolute atomic E-state index is 12.0. The van der Waals surface area contributed by atoms with E-state index < -0.39 is 5.54 Å². The minimum Gasteiger partial charge on any atom is -0.464 e. The molecule has 16 heavy (non-hydrogen) atoms. The van der Waals surface area contributed by atoms with Crippen LogP contribution >= 0.6 is 0 Å². The van der Waals surface area contributed by atoms with Crippen molar-refractivity contribution in [1.82, 2.24) is 0 Å². The van der Waals surface area contributed by atoms with Crippen LogP contribution in [0.25, 0.3) is 0 Å². The first kappa shape index (κ1) is 11.9. The van der Waals surface area contributed by atoms with Crippen molar-refractivity contribution >= 4 is 5.97 Å². The van der Waals surface area contributed by atoms with E-state index in [-0.39, 0.29) is 11.9 Å². The summed E-state index contributed by atoms with van der Waals surface area (Å²) in [5.41, 5.74) is 5.50. The Morgan fingerprint density at radius 2 is 2.12 bits per heavy atom. The fraction of sp³-hybridized carbons (Fsp3) is 0.923. The zero-order valence-corrected chi connectivity index (χ0v) is 10.2. The lowest BCUT2D eigenvalue weighted by atomic mass is 9.74. The fourth-order valence-corrected chi connectivity index (χ4v) is 2.53. The average Bonchev–Trinajstić information content (AvgIpc) is 3.06. The average molecular weight is 225 g/mol. The Balaban J connectivity index is 1.80. The van der Waals surface area contributed by atoms with Gasteiger partial charge in [0.05, 0.1) is 6.61 Å². The van der Waals surface area contributed by atoms with Crippen LogP contribution < -0.4 is 5.73 Å². The first-order valence-electron chi connectivity index (χ1n) is 6.59. The van der Waals surface area contributed by atoms with Gasteiger partial charge in [-0.05, 0) is 31.1 Å². The number of ether oxygens (including phenoxy) is 1. The molecule has 0 aliphatic heterocycles. The molecule has 0 aromatic heterocycles. The molecule has 2 aliphatic carbocycles. The van der Waals surface area contributed by atoms with Crippen LogP contribution in [0.5, 0.6) is 0 Å². The van der Waals surface area contributed by atoms with Gasteiger partial charge in [0.2, 0.25) is 0 Å². The lowest BCUT2D eigenvalue weighted by Gasteiger charge is -2.36. The maximum Gasteiger partial charge on any atom is 0.326 e. The molecule has 0 amide bonds. The van der Waals surface area contributed by atoms with E-state index in [1.807, 2.05) is 0 Å². The lowest BCUT2D eigenvalue weighted by Crippen LogP contribution is -2.55. The van der Waals surface area contributed by atoms with E-state index >= 15 is 0 Å². The summed E-state index contributed by atoms with van der Waals surface area (Å²) in [5, 5.41) is 0. The second-order valence-corrected chi connectivity index (χ2v) is 5.56. The molecule has 2 aliphatic rings. The molecule has 2 unspecified atom stereocenters. The van der Waals surface area contributed by atoms with Gasteiger partial charge < -0.3 is 10.5 Å². The van der Waals surface area contributed by atoms with Crippen LogP contribution in [0.15, 0.2) is 0 Å². The van der Waals surface area contributed by atoms with E-state index in [1.54, 1.807) is 0 Å². The van der Waals surface area contributed by atoms with E-state index in [0.29, 0.717) is 6.61 Å². The topological polar surface area (TPSA) is 52.3 Å². The molecule has 0 aromatic rings. The standard InChI is InChI=1S/C13H23NO2/c1-10-4-2-3-8-13(10,14)12(15)16-9-7-11-5-6-11/h10-11H,2-9,14H2,1H3. The zero-order chi connectivity index (χ0) is 11.6. The Kier molecular flexibility index (Phi) is 3.53. The second-order valence-electron chi connectivity index (χ2n) is 5.56. The highest BCUT2D eigenvalue weighted by atomic mass is 16.5. The van der Waals surface area contributed by atoms with Crippen LogP contribution in [0.4, 0.5) is 0 Å². The van der Waals surface area contributed by atoms with Crippen LogP contribution in [0.3, 0.4) is 0 Å². The molecule has 3 heteroatoms. The number of rotatable bonds is 4. The van der Waals surface area contributed by atoms with Crippen LogP contribution in [0.2, 0.25) is 0 Å². The van der Waals surface area contributed by atoms with Gasteiger partial charge in [0.15, 0.2) is 0 Å². The fourth-order valence-electron chi connectivity index (χ4n) is 2.53. The molecule has 2 saturated carbocycles. The summed E-state index contributed by atoms with van der Waals surface area (Å²) in [6.45, 7) is 2.64. The summed E-state index contributed by atoms with van der Waals surface area (Å²) < 4.78 is 5.34. The van der Waals surface area contributed by atoms with Crippen LogP contribution in [-0.2, 0) is 9.53 Å². The zero-order valence-electron chi connectivity index (χ0n) is 10.2. The Morgan fingerprint density at radius 1 is 1.38 bits per heavy atom. The number of hydrogen-bond donors (Lipinski definition) is 1. The molecule has 92 valence electrons. The number of nitrogens with two attached hydrogens (primary N) is 1. The molecule has 2 fully saturated rings. The summed E-state index contributed by atoms with van der Waals surface area (Å²) in [6.07, 6.45) is 7.72. The van der Waals surface area contributed by atoms with Gasteiger partial charge >= 0.3 is 5.97 Å². The Labute approximate surface area is 97.7 Å². The smallest absolute Gasteiger partial charge is 0.326 e. The van der Waals surface area contributed by atoms with Gasteiger partial charge in [-0.1, -0.05) is 32.6 Å². The highest BCUT2D eigenvalue weighted by Crippen LogP contribution is 2.34. The molecule has 2 rings (SSSR count). The van der Waals surface area contributed by atoms with Crippen molar-refractivity contribution in [1.29, 1.82) is 0 Å². The van der Waals surface area contributed by atoms with Crippen molar-refractivity contribution in [3.05, 3.63) is 0 Å². The molecule has 0 saturated heterocycles. The largest absolute Gasteiger partial charge is 0.464 e. The van der Waals surface area contributed by atoms with Gasteiger partial charge in [0.1, 0.15) is 5.54 Å². The molecular weight excluding hydrogens is 202 g/mol. The van der Waals surface area contributed by atoms with Crippen molar-refractivity contribution in [3.8, 4) is 0 Å². The molecule has 0 spiro atoms. The van der Waals surface area contributed by atoms with Gasteiger partial charge in [0, 0.05) is 0 Å². The first-order valence-corrected chi connectivity index (χ1v) is 6.59. The van der Waals surface area contributed by atoms with Gasteiger partial charge in [-0.3, -0.25) is 4.79 Å². The molecule has 2 N–H and O–H groups in total. The maximum atomic E-state index is 12.0. The molecule has 0 heterocycles. The van der Waals surface area contributed by atoms with Crippen LogP contribution in [0.1, 0.15) is 51.9 Å². The first-order chi connectivity index (χ1) is 7.63. The van der Waals surface area contributed by atoms with Crippen molar-refractivity contribution in [2.24, 2.45) is 17.6 Å². The number of hydrogen-bond acceptors (Lipinski definition) is 3. The summed E-state index contributed by atoms with van der Waals surface area (Å²) in [5.74, 6) is 0.903. The van der Waals surface area contributed by atoms with Gasteiger partial charge in [-0.25, -0.2) is 0 Å². The molecule has 0 aromatic carbocycles. The monoisotopic (exact) mass is 225 g/mol. The normalized spacial score (nSPS) is 34.8. The highest BCUT2D eigenvalue weighted by Gasteiger charge is 2.42. The second kappa shape index (κ2) is 4.74. The predicted molar refractivity (Wildman–Crippen MR) is 62.9 cm³/mol. The number of carbonyl (C=O) groups is 1. The van der Waals surface area contributed by atoms with Crippen LogP contribution in [-0.4, -0.2) is 18.1 Å². The van der Waals surface area contributed by atoms with Crippen molar-refractivity contribution in [2.75, 3.05) is 6.61 Å². The third-order valence-corrected chi connectivity index (χ3v) is 4.19. The lowest BCUT2D eigenvalue weighted by molar-refractivity contribution is -0.153. The van der Waals surface area contributed by atoms with Gasteiger partial charge in [-0.15, -0.1) is 0 Å². The molecule has 2 atom stereocenters. The predicted octanol–water partition coefficient (Wildman–Crippen LogP) is 2.24. The number of carbonyl (C=O) groups excluding carboxylic acids is 1. The van der Waals surface area contributed by atoms with E-state index in [0.717, 1.165) is 31.6 Å². The van der Waals surface area contributed by atoms with E-state index in [9.17, 15) is 4.79 Å². The van der Waals surface area contributed by atoms with Crippen LogP contribution in [0, 0.1) is 11.8 Å². The van der Waals surface area contributed by atoms with E-state index in [2.05, 4.69) is 6.92 Å². The third kappa shape index (κ3) is 2.57. The Morgan fingerprint density at radius 3 is 2.75 bits per heavy atom. The Bertz CT molecular complexity index is 263. The SMILES string of the molecule is CC1CCCCC1(N)C(=O)OCCC1CC1. The number of esters is 1. The summed E-state index contributed by atoms with van der Waals surface area (Å²) >= 11 is 0. The molecule has 0 bridgehead atoms. The van der Waals surface area contributed by atoms with Crippen molar-refractivity contribution in [3.63, 3.8) is 0 Å². The van der Waals surface area contributed by atoms with Gasteiger partial charge in [0.25, 0.3) is 0 Å². The summed E-state index contributed by atoms with van der Waals surface area (Å²) in [6, 6.07) is 0. The van der Waals surface area contributed by atoms with E-state index in [1.165, 1.54) is 19.3 Å². The van der Waals surface area contributed by atoms with Crippen molar-refractivity contribution in [2.45, 2.75) is 57.4 Å².